The zero-order valence-electron chi connectivity index (χ0n) is 11.7. The molecular weight excluding hydrogens is 373 g/mol. The SMILES string of the molecule is N[C@H]1C(=O)N(c2ccc(Br)cc2)[C@H]1c1ccc(C(F)(F)F)cc1. The maximum atomic E-state index is 12.6. The standard InChI is InChI=1S/C16H12BrF3N2O/c17-11-5-7-12(8-6-11)22-14(13(21)15(22)23)9-1-3-10(4-2-9)16(18,19)20/h1-8,13-14H,21H2/t13-,14+/m1/s1. The van der Waals surface area contributed by atoms with Crippen LogP contribution in [0.15, 0.2) is 53.0 Å². The molecule has 1 aliphatic rings. The van der Waals surface area contributed by atoms with Gasteiger partial charge >= 0.3 is 6.18 Å². The van der Waals surface area contributed by atoms with E-state index >= 15 is 0 Å². The number of carbonyl (C=O) groups is 1. The fourth-order valence-electron chi connectivity index (χ4n) is 2.63. The highest BCUT2D eigenvalue weighted by molar-refractivity contribution is 9.10. The first kappa shape index (κ1) is 16.0. The van der Waals surface area contributed by atoms with Gasteiger partial charge in [-0.05, 0) is 42.0 Å². The monoisotopic (exact) mass is 384 g/mol. The Labute approximate surface area is 139 Å². The number of rotatable bonds is 2. The molecular formula is C16H12BrF3N2O. The number of amides is 1. The first-order chi connectivity index (χ1) is 10.8. The van der Waals surface area contributed by atoms with Crippen LogP contribution in [0.5, 0.6) is 0 Å². The summed E-state index contributed by atoms with van der Waals surface area (Å²) in [5.41, 5.74) is 6.36. The van der Waals surface area contributed by atoms with Crippen molar-refractivity contribution in [3.05, 3.63) is 64.1 Å². The van der Waals surface area contributed by atoms with Crippen molar-refractivity contribution in [1.82, 2.24) is 0 Å². The number of alkyl halides is 3. The van der Waals surface area contributed by atoms with Gasteiger partial charge in [-0.15, -0.1) is 0 Å². The molecule has 120 valence electrons. The van der Waals surface area contributed by atoms with Gasteiger partial charge in [-0.2, -0.15) is 13.2 Å². The first-order valence-corrected chi connectivity index (χ1v) is 7.60. The van der Waals surface area contributed by atoms with Gasteiger partial charge in [-0.25, -0.2) is 0 Å². The third-order valence-electron chi connectivity index (χ3n) is 3.83. The van der Waals surface area contributed by atoms with Gasteiger partial charge in [0.2, 0.25) is 5.91 Å². The van der Waals surface area contributed by atoms with Crippen LogP contribution in [0.3, 0.4) is 0 Å². The van der Waals surface area contributed by atoms with E-state index in [4.69, 9.17) is 5.73 Å². The average molecular weight is 385 g/mol. The molecule has 1 amide bonds. The van der Waals surface area contributed by atoms with Gasteiger partial charge in [0.1, 0.15) is 6.04 Å². The van der Waals surface area contributed by atoms with Crippen molar-refractivity contribution in [2.45, 2.75) is 18.3 Å². The summed E-state index contributed by atoms with van der Waals surface area (Å²) in [6.45, 7) is 0. The van der Waals surface area contributed by atoms with Crippen molar-refractivity contribution in [2.75, 3.05) is 4.90 Å². The number of benzene rings is 2. The molecule has 7 heteroatoms. The number of nitrogens with zero attached hydrogens (tertiary/aromatic N) is 1. The Balaban J connectivity index is 1.91. The van der Waals surface area contributed by atoms with Crippen LogP contribution < -0.4 is 10.6 Å². The minimum absolute atomic E-state index is 0.253. The average Bonchev–Trinajstić information content (AvgIpc) is 2.52. The molecule has 1 fully saturated rings. The topological polar surface area (TPSA) is 46.3 Å². The third kappa shape index (κ3) is 2.86. The molecule has 0 radical (unpaired) electrons. The number of hydrogen-bond acceptors (Lipinski definition) is 2. The van der Waals surface area contributed by atoms with Gasteiger partial charge in [0.15, 0.2) is 0 Å². The molecule has 3 rings (SSSR count). The fourth-order valence-corrected chi connectivity index (χ4v) is 2.89. The Morgan fingerprint density at radius 2 is 1.57 bits per heavy atom. The summed E-state index contributed by atoms with van der Waals surface area (Å²) >= 11 is 3.31. The molecule has 3 nitrogen and oxygen atoms in total. The van der Waals surface area contributed by atoms with Crippen LogP contribution in [0.25, 0.3) is 0 Å². The van der Waals surface area contributed by atoms with E-state index in [0.717, 1.165) is 16.6 Å². The molecule has 1 heterocycles. The highest BCUT2D eigenvalue weighted by Crippen LogP contribution is 2.39. The highest BCUT2D eigenvalue weighted by atomic mass is 79.9. The van der Waals surface area contributed by atoms with Crippen LogP contribution in [0.1, 0.15) is 17.2 Å². The van der Waals surface area contributed by atoms with Crippen molar-refractivity contribution in [2.24, 2.45) is 5.73 Å². The highest BCUT2D eigenvalue weighted by Gasteiger charge is 2.46. The molecule has 0 saturated carbocycles. The van der Waals surface area contributed by atoms with Crippen LogP contribution in [-0.2, 0) is 11.0 Å². The molecule has 2 aromatic rings. The summed E-state index contributed by atoms with van der Waals surface area (Å²) in [7, 11) is 0. The summed E-state index contributed by atoms with van der Waals surface area (Å²) in [4.78, 5) is 13.6. The van der Waals surface area contributed by atoms with E-state index in [1.807, 2.05) is 0 Å². The molecule has 1 aliphatic heterocycles. The Hall–Kier alpha value is -1.86. The fraction of sp³-hybridized carbons (Fsp3) is 0.188. The third-order valence-corrected chi connectivity index (χ3v) is 4.35. The number of halogens is 4. The molecule has 0 unspecified atom stereocenters. The molecule has 0 spiro atoms. The largest absolute Gasteiger partial charge is 0.416 e. The van der Waals surface area contributed by atoms with E-state index in [1.165, 1.54) is 17.0 Å². The van der Waals surface area contributed by atoms with Gasteiger partial charge < -0.3 is 10.6 Å². The van der Waals surface area contributed by atoms with Crippen molar-refractivity contribution >= 4 is 27.5 Å². The molecule has 2 N–H and O–H groups in total. The van der Waals surface area contributed by atoms with E-state index in [1.54, 1.807) is 24.3 Å². The molecule has 0 aromatic heterocycles. The lowest BCUT2D eigenvalue weighted by Crippen LogP contribution is -2.63. The molecule has 2 atom stereocenters. The molecule has 1 saturated heterocycles. The number of nitrogens with two attached hydrogens (primary N) is 1. The quantitative estimate of drug-likeness (QED) is 0.798. The Morgan fingerprint density at radius 3 is 2.09 bits per heavy atom. The van der Waals surface area contributed by atoms with E-state index in [-0.39, 0.29) is 5.91 Å². The lowest BCUT2D eigenvalue weighted by Gasteiger charge is -2.45. The smallest absolute Gasteiger partial charge is 0.318 e. The van der Waals surface area contributed by atoms with Gasteiger partial charge in [0.05, 0.1) is 11.6 Å². The van der Waals surface area contributed by atoms with E-state index in [9.17, 15) is 18.0 Å². The van der Waals surface area contributed by atoms with Gasteiger partial charge in [-0.1, -0.05) is 28.1 Å². The van der Waals surface area contributed by atoms with Crippen molar-refractivity contribution in [3.63, 3.8) is 0 Å². The summed E-state index contributed by atoms with van der Waals surface area (Å²) in [5, 5.41) is 0. The predicted molar refractivity (Wildman–Crippen MR) is 83.8 cm³/mol. The van der Waals surface area contributed by atoms with E-state index < -0.39 is 23.8 Å². The maximum absolute atomic E-state index is 12.6. The van der Waals surface area contributed by atoms with Crippen molar-refractivity contribution in [3.8, 4) is 0 Å². The van der Waals surface area contributed by atoms with Crippen molar-refractivity contribution in [1.29, 1.82) is 0 Å². The molecule has 2 aromatic carbocycles. The summed E-state index contributed by atoms with van der Waals surface area (Å²) < 4.78 is 38.8. The van der Waals surface area contributed by atoms with Crippen LogP contribution in [0.4, 0.5) is 18.9 Å². The van der Waals surface area contributed by atoms with Crippen molar-refractivity contribution < 1.29 is 18.0 Å². The second kappa shape index (κ2) is 5.65. The Morgan fingerprint density at radius 1 is 1.00 bits per heavy atom. The Bertz CT molecular complexity index is 728. The maximum Gasteiger partial charge on any atom is 0.416 e. The van der Waals surface area contributed by atoms with Crippen LogP contribution >= 0.6 is 15.9 Å². The second-order valence-corrected chi connectivity index (χ2v) is 6.19. The number of β-lactam (4-membered cyclic amide) rings is 1. The van der Waals surface area contributed by atoms with Gasteiger partial charge in [-0.3, -0.25) is 4.79 Å². The second-order valence-electron chi connectivity index (χ2n) is 5.28. The predicted octanol–water partition coefficient (Wildman–Crippen LogP) is 3.88. The number of hydrogen-bond donors (Lipinski definition) is 1. The number of carbonyl (C=O) groups excluding carboxylic acids is 1. The molecule has 23 heavy (non-hydrogen) atoms. The lowest BCUT2D eigenvalue weighted by molar-refractivity contribution is -0.137. The summed E-state index contributed by atoms with van der Waals surface area (Å²) in [6, 6.07) is 10.6. The Kier molecular flexibility index (Phi) is 3.93. The van der Waals surface area contributed by atoms with Gasteiger partial charge in [0.25, 0.3) is 0 Å². The van der Waals surface area contributed by atoms with Crippen LogP contribution in [0.2, 0.25) is 0 Å². The van der Waals surface area contributed by atoms with Gasteiger partial charge in [0, 0.05) is 10.2 Å². The summed E-state index contributed by atoms with van der Waals surface area (Å²) in [5.74, 6) is -0.253. The zero-order chi connectivity index (χ0) is 16.8. The van der Waals surface area contributed by atoms with Crippen LogP contribution in [-0.4, -0.2) is 11.9 Å². The van der Waals surface area contributed by atoms with E-state index in [0.29, 0.717) is 11.3 Å². The van der Waals surface area contributed by atoms with E-state index in [2.05, 4.69) is 15.9 Å². The first-order valence-electron chi connectivity index (χ1n) is 6.80. The number of anilines is 1. The van der Waals surface area contributed by atoms with Crippen LogP contribution in [0, 0.1) is 0 Å². The summed E-state index contributed by atoms with van der Waals surface area (Å²) in [6.07, 6.45) is -4.39. The zero-order valence-corrected chi connectivity index (χ0v) is 13.3. The minimum Gasteiger partial charge on any atom is -0.318 e. The normalized spacial score (nSPS) is 21.3. The minimum atomic E-state index is -4.39. The lowest BCUT2D eigenvalue weighted by atomic mass is 9.88. The molecule has 0 aliphatic carbocycles. The molecule has 0 bridgehead atoms.